The molecule has 0 spiro atoms. The monoisotopic (exact) mass is 359 g/mol. The van der Waals surface area contributed by atoms with Crippen LogP contribution in [0.1, 0.15) is 18.4 Å². The molecule has 0 saturated carbocycles. The molecule has 1 aliphatic heterocycles. The lowest BCUT2D eigenvalue weighted by Crippen LogP contribution is -2.23. The van der Waals surface area contributed by atoms with E-state index in [1.54, 1.807) is 23.1 Å². The number of anilines is 1. The number of nitro benzene ring substituents is 1. The summed E-state index contributed by atoms with van der Waals surface area (Å²) in [6, 6.07) is 9.56. The van der Waals surface area contributed by atoms with Crippen LogP contribution in [-0.4, -0.2) is 28.7 Å². The lowest BCUT2D eigenvalue weighted by Gasteiger charge is -2.17. The number of nitro groups is 1. The Kier molecular flexibility index (Phi) is 4.67. The van der Waals surface area contributed by atoms with Crippen LogP contribution in [0.5, 0.6) is 5.75 Å². The summed E-state index contributed by atoms with van der Waals surface area (Å²) in [4.78, 5) is 28.2. The molecule has 1 heterocycles. The van der Waals surface area contributed by atoms with Crippen LogP contribution in [0, 0.1) is 10.1 Å². The number of carbonyl (C=O) groups excluding carboxylic acids is 1. The van der Waals surface area contributed by atoms with Crippen molar-refractivity contribution in [2.75, 3.05) is 11.4 Å². The van der Waals surface area contributed by atoms with Gasteiger partial charge in [0.05, 0.1) is 16.3 Å². The number of phenols is 1. The van der Waals surface area contributed by atoms with Gasteiger partial charge in [-0.05, 0) is 24.6 Å². The third-order valence-electron chi connectivity index (χ3n) is 3.87. The molecule has 3 rings (SSSR count). The van der Waals surface area contributed by atoms with Gasteiger partial charge in [-0.2, -0.15) is 0 Å². The molecule has 1 saturated heterocycles. The predicted molar refractivity (Wildman–Crippen MR) is 95.1 cm³/mol. The SMILES string of the molecule is O=C1CCCN1c1ccccc1N=Cc1cc(Cl)cc([N+](=O)[O-])c1O. The molecule has 0 aliphatic carbocycles. The summed E-state index contributed by atoms with van der Waals surface area (Å²) in [5.41, 5.74) is 0.829. The fourth-order valence-corrected chi connectivity index (χ4v) is 2.91. The minimum absolute atomic E-state index is 0.0314. The molecule has 1 aliphatic rings. The fourth-order valence-electron chi connectivity index (χ4n) is 2.69. The zero-order valence-corrected chi connectivity index (χ0v) is 13.8. The largest absolute Gasteiger partial charge is 0.502 e. The third-order valence-corrected chi connectivity index (χ3v) is 4.09. The van der Waals surface area contributed by atoms with Gasteiger partial charge < -0.3 is 10.0 Å². The molecule has 0 unspecified atom stereocenters. The Balaban J connectivity index is 1.99. The second-order valence-corrected chi connectivity index (χ2v) is 5.95. The van der Waals surface area contributed by atoms with Crippen molar-refractivity contribution < 1.29 is 14.8 Å². The normalized spacial score (nSPS) is 14.4. The van der Waals surface area contributed by atoms with Crippen molar-refractivity contribution in [1.82, 2.24) is 0 Å². The van der Waals surface area contributed by atoms with Crippen molar-refractivity contribution in [3.8, 4) is 5.75 Å². The summed E-state index contributed by atoms with van der Waals surface area (Å²) in [7, 11) is 0. The number of amides is 1. The molecule has 0 atom stereocenters. The average molecular weight is 360 g/mol. The van der Waals surface area contributed by atoms with Crippen LogP contribution in [0.4, 0.5) is 17.1 Å². The summed E-state index contributed by atoms with van der Waals surface area (Å²) in [5.74, 6) is -0.475. The number of nitrogens with zero attached hydrogens (tertiary/aromatic N) is 3. The molecule has 2 aromatic carbocycles. The van der Waals surface area contributed by atoms with Gasteiger partial charge in [-0.25, -0.2) is 0 Å². The van der Waals surface area contributed by atoms with Crippen LogP contribution in [0.15, 0.2) is 41.4 Å². The highest BCUT2D eigenvalue weighted by molar-refractivity contribution is 6.31. The highest BCUT2D eigenvalue weighted by Crippen LogP contribution is 2.34. The zero-order chi connectivity index (χ0) is 18.0. The van der Waals surface area contributed by atoms with Crippen molar-refractivity contribution in [3.05, 3.63) is 57.1 Å². The Morgan fingerprint density at radius 2 is 2.08 bits per heavy atom. The van der Waals surface area contributed by atoms with E-state index in [1.807, 2.05) is 6.07 Å². The number of benzene rings is 2. The molecule has 8 heteroatoms. The lowest BCUT2D eigenvalue weighted by atomic mass is 10.2. The molecule has 1 fully saturated rings. The van der Waals surface area contributed by atoms with Gasteiger partial charge in [0, 0.05) is 35.8 Å². The van der Waals surface area contributed by atoms with Gasteiger partial charge in [0.2, 0.25) is 11.7 Å². The summed E-state index contributed by atoms with van der Waals surface area (Å²) < 4.78 is 0. The van der Waals surface area contributed by atoms with Gasteiger partial charge in [0.15, 0.2) is 0 Å². The van der Waals surface area contributed by atoms with Gasteiger partial charge in [-0.1, -0.05) is 23.7 Å². The number of halogens is 1. The predicted octanol–water partition coefficient (Wildman–Crippen LogP) is 3.83. The van der Waals surface area contributed by atoms with Gasteiger partial charge >= 0.3 is 5.69 Å². The summed E-state index contributed by atoms with van der Waals surface area (Å²) in [6.45, 7) is 0.624. The first-order valence-electron chi connectivity index (χ1n) is 7.57. The molecule has 0 radical (unpaired) electrons. The van der Waals surface area contributed by atoms with Crippen LogP contribution >= 0.6 is 11.6 Å². The van der Waals surface area contributed by atoms with Crippen LogP contribution in [-0.2, 0) is 4.79 Å². The average Bonchev–Trinajstić information content (AvgIpc) is 3.01. The first kappa shape index (κ1) is 16.9. The standard InChI is InChI=1S/C17H14ClN3O4/c18-12-8-11(17(23)15(9-12)21(24)25)10-19-13-4-1-2-5-14(13)20-7-3-6-16(20)22/h1-2,4-5,8-10,23H,3,6-7H2. The maximum atomic E-state index is 12.0. The third kappa shape index (κ3) is 3.46. The van der Waals surface area contributed by atoms with Gasteiger partial charge in [-0.15, -0.1) is 0 Å². The number of aromatic hydroxyl groups is 1. The fraction of sp³-hybridized carbons (Fsp3) is 0.176. The minimum Gasteiger partial charge on any atom is -0.502 e. The molecule has 1 N–H and O–H groups in total. The lowest BCUT2D eigenvalue weighted by molar-refractivity contribution is -0.385. The quantitative estimate of drug-likeness (QED) is 0.509. The summed E-state index contributed by atoms with van der Waals surface area (Å²) in [6.07, 6.45) is 2.59. The maximum absolute atomic E-state index is 12.0. The highest BCUT2D eigenvalue weighted by Gasteiger charge is 2.23. The van der Waals surface area contributed by atoms with E-state index in [9.17, 15) is 20.0 Å². The molecule has 25 heavy (non-hydrogen) atoms. The van der Waals surface area contributed by atoms with Crippen LogP contribution in [0.2, 0.25) is 5.02 Å². The number of carbonyl (C=O) groups is 1. The molecule has 0 aromatic heterocycles. The Labute approximate surface area is 148 Å². The van der Waals surface area contributed by atoms with Gasteiger partial charge in [0.1, 0.15) is 0 Å². The van der Waals surface area contributed by atoms with Crippen molar-refractivity contribution in [2.24, 2.45) is 4.99 Å². The Hall–Kier alpha value is -2.93. The zero-order valence-electron chi connectivity index (χ0n) is 13.1. The summed E-state index contributed by atoms with van der Waals surface area (Å²) >= 11 is 5.87. The van der Waals surface area contributed by atoms with E-state index in [1.165, 1.54) is 12.3 Å². The number of phenolic OH excluding ortho intramolecular Hbond substituents is 1. The number of para-hydroxylation sites is 2. The smallest absolute Gasteiger partial charge is 0.312 e. The van der Waals surface area contributed by atoms with E-state index in [0.29, 0.717) is 24.3 Å². The second-order valence-electron chi connectivity index (χ2n) is 5.52. The molecule has 1 amide bonds. The van der Waals surface area contributed by atoms with Crippen LogP contribution < -0.4 is 4.90 Å². The molecule has 128 valence electrons. The minimum atomic E-state index is -0.713. The Morgan fingerprint density at radius 1 is 1.32 bits per heavy atom. The van der Waals surface area contributed by atoms with Gasteiger partial charge in [0.25, 0.3) is 0 Å². The molecule has 7 nitrogen and oxygen atoms in total. The van der Waals surface area contributed by atoms with E-state index < -0.39 is 16.4 Å². The van der Waals surface area contributed by atoms with Crippen LogP contribution in [0.25, 0.3) is 0 Å². The second kappa shape index (κ2) is 6.90. The first-order chi connectivity index (χ1) is 12.0. The van der Waals surface area contributed by atoms with Crippen LogP contribution in [0.3, 0.4) is 0 Å². The van der Waals surface area contributed by atoms with Crippen molar-refractivity contribution in [3.63, 3.8) is 0 Å². The van der Waals surface area contributed by atoms with Crippen molar-refractivity contribution in [1.29, 1.82) is 0 Å². The number of hydrogen-bond acceptors (Lipinski definition) is 5. The van der Waals surface area contributed by atoms with E-state index in [0.717, 1.165) is 12.5 Å². The Bertz CT molecular complexity index is 882. The highest BCUT2D eigenvalue weighted by atomic mass is 35.5. The molecule has 0 bridgehead atoms. The number of hydrogen-bond donors (Lipinski definition) is 1. The first-order valence-corrected chi connectivity index (χ1v) is 7.95. The van der Waals surface area contributed by atoms with Gasteiger partial charge in [-0.3, -0.25) is 19.9 Å². The van der Waals surface area contributed by atoms with E-state index in [4.69, 9.17) is 11.6 Å². The van der Waals surface area contributed by atoms with E-state index in [-0.39, 0.29) is 16.5 Å². The van der Waals surface area contributed by atoms with E-state index >= 15 is 0 Å². The van der Waals surface area contributed by atoms with E-state index in [2.05, 4.69) is 4.99 Å². The van der Waals surface area contributed by atoms with Crippen molar-refractivity contribution in [2.45, 2.75) is 12.8 Å². The topological polar surface area (TPSA) is 96.0 Å². The molecular weight excluding hydrogens is 346 g/mol. The molecule has 2 aromatic rings. The molecular formula is C17H14ClN3O4. The number of aliphatic imine (C=N–C) groups is 1. The summed E-state index contributed by atoms with van der Waals surface area (Å²) in [5, 5.41) is 21.1. The Morgan fingerprint density at radius 3 is 2.76 bits per heavy atom. The number of rotatable bonds is 4. The van der Waals surface area contributed by atoms with Crippen molar-refractivity contribution >= 4 is 40.8 Å². The maximum Gasteiger partial charge on any atom is 0.312 e.